The molecule has 0 atom stereocenters. The fourth-order valence-electron chi connectivity index (χ4n) is 1.52. The number of pyridine rings is 1. The van der Waals surface area contributed by atoms with Gasteiger partial charge < -0.3 is 5.73 Å². The molecule has 0 aromatic carbocycles. The Bertz CT molecular complexity index is 648. The predicted octanol–water partition coefficient (Wildman–Crippen LogP) is 0.147. The monoisotopic (exact) mass is 281 g/mol. The molecule has 0 aliphatic heterocycles. The van der Waals surface area contributed by atoms with E-state index in [-0.39, 0.29) is 17.3 Å². The van der Waals surface area contributed by atoms with E-state index in [0.29, 0.717) is 6.54 Å². The zero-order valence-electron chi connectivity index (χ0n) is 10.4. The molecule has 0 bridgehead atoms. The molecular formula is C11H15N5O2S. The first-order valence-electron chi connectivity index (χ1n) is 5.67. The van der Waals surface area contributed by atoms with E-state index in [1.54, 1.807) is 10.9 Å². The van der Waals surface area contributed by atoms with Crippen LogP contribution < -0.4 is 10.5 Å². The minimum absolute atomic E-state index is 0.0957. The zero-order chi connectivity index (χ0) is 13.9. The Morgan fingerprint density at radius 2 is 2.16 bits per heavy atom. The Morgan fingerprint density at radius 3 is 2.74 bits per heavy atom. The molecule has 2 heterocycles. The first kappa shape index (κ1) is 13.5. The van der Waals surface area contributed by atoms with E-state index in [1.807, 2.05) is 13.1 Å². The van der Waals surface area contributed by atoms with Crippen molar-refractivity contribution in [3.8, 4) is 0 Å². The first-order valence-corrected chi connectivity index (χ1v) is 7.16. The summed E-state index contributed by atoms with van der Waals surface area (Å²) in [5, 5.41) is 4.07. The lowest BCUT2D eigenvalue weighted by molar-refractivity contribution is 0.560. The maximum Gasteiger partial charge on any atom is 0.242 e. The minimum atomic E-state index is -3.55. The van der Waals surface area contributed by atoms with Crippen molar-refractivity contribution in [2.45, 2.75) is 18.4 Å². The molecule has 2 rings (SSSR count). The van der Waals surface area contributed by atoms with Gasteiger partial charge in [-0.25, -0.2) is 18.1 Å². The van der Waals surface area contributed by atoms with Crippen LogP contribution in [0.3, 0.4) is 0 Å². The van der Waals surface area contributed by atoms with Gasteiger partial charge in [0.05, 0.1) is 12.7 Å². The highest BCUT2D eigenvalue weighted by atomic mass is 32.2. The quantitative estimate of drug-likeness (QED) is 0.812. The number of hydrogen-bond acceptors (Lipinski definition) is 5. The summed E-state index contributed by atoms with van der Waals surface area (Å²) in [6.07, 6.45) is 4.80. The maximum atomic E-state index is 11.9. The molecule has 7 nitrogen and oxygen atoms in total. The zero-order valence-corrected chi connectivity index (χ0v) is 11.3. The summed E-state index contributed by atoms with van der Waals surface area (Å²) in [6.45, 7) is 2.65. The van der Waals surface area contributed by atoms with Crippen LogP contribution in [0.25, 0.3) is 0 Å². The van der Waals surface area contributed by atoms with Gasteiger partial charge in [0.15, 0.2) is 0 Å². The molecule has 8 heteroatoms. The minimum Gasteiger partial charge on any atom is -0.384 e. The van der Waals surface area contributed by atoms with Crippen molar-refractivity contribution in [2.24, 2.45) is 0 Å². The van der Waals surface area contributed by atoms with Crippen LogP contribution in [0, 0.1) is 6.92 Å². The van der Waals surface area contributed by atoms with Gasteiger partial charge >= 0.3 is 0 Å². The molecule has 19 heavy (non-hydrogen) atoms. The second-order valence-corrected chi connectivity index (χ2v) is 5.86. The lowest BCUT2D eigenvalue weighted by Gasteiger charge is -2.06. The summed E-state index contributed by atoms with van der Waals surface area (Å²) in [7, 11) is -3.55. The third-order valence-electron chi connectivity index (χ3n) is 2.46. The molecule has 102 valence electrons. The van der Waals surface area contributed by atoms with Crippen molar-refractivity contribution in [1.82, 2.24) is 19.5 Å². The Hall–Kier alpha value is -1.93. The normalized spacial score (nSPS) is 11.6. The number of rotatable bonds is 5. The van der Waals surface area contributed by atoms with Crippen LogP contribution in [-0.2, 0) is 16.6 Å². The third-order valence-corrected chi connectivity index (χ3v) is 3.91. The van der Waals surface area contributed by atoms with Crippen LogP contribution in [0.5, 0.6) is 0 Å². The summed E-state index contributed by atoms with van der Waals surface area (Å²) in [6, 6.07) is 2.87. The van der Waals surface area contributed by atoms with Gasteiger partial charge in [0.2, 0.25) is 10.0 Å². The molecule has 0 aliphatic carbocycles. The van der Waals surface area contributed by atoms with Gasteiger partial charge in [-0.05, 0) is 24.6 Å². The van der Waals surface area contributed by atoms with E-state index in [0.717, 1.165) is 5.56 Å². The van der Waals surface area contributed by atoms with E-state index in [1.165, 1.54) is 18.3 Å². The molecule has 0 radical (unpaired) electrons. The largest absolute Gasteiger partial charge is 0.384 e. The van der Waals surface area contributed by atoms with Crippen molar-refractivity contribution < 1.29 is 8.42 Å². The number of nitrogens with zero attached hydrogens (tertiary/aromatic N) is 3. The molecule has 2 aromatic heterocycles. The molecule has 2 aromatic rings. The van der Waals surface area contributed by atoms with Gasteiger partial charge in [0, 0.05) is 18.9 Å². The molecule has 3 N–H and O–H groups in total. The van der Waals surface area contributed by atoms with Crippen molar-refractivity contribution in [3.63, 3.8) is 0 Å². The Morgan fingerprint density at radius 1 is 1.37 bits per heavy atom. The van der Waals surface area contributed by atoms with Crippen LogP contribution in [0.2, 0.25) is 0 Å². The average molecular weight is 281 g/mol. The first-order chi connectivity index (χ1) is 8.97. The summed E-state index contributed by atoms with van der Waals surface area (Å²) in [5.41, 5.74) is 6.44. The third kappa shape index (κ3) is 3.52. The van der Waals surface area contributed by atoms with Gasteiger partial charge in [-0.1, -0.05) is 0 Å². The number of nitrogens with two attached hydrogens (primary N) is 1. The highest BCUT2D eigenvalue weighted by Gasteiger charge is 2.13. The fourth-order valence-corrected chi connectivity index (χ4v) is 2.48. The molecule has 0 spiro atoms. The molecule has 0 fully saturated rings. The lowest BCUT2D eigenvalue weighted by atomic mass is 10.4. The molecule has 0 aliphatic rings. The number of nitrogens with one attached hydrogen (secondary N) is 1. The summed E-state index contributed by atoms with van der Waals surface area (Å²) < 4.78 is 28.0. The van der Waals surface area contributed by atoms with Crippen LogP contribution >= 0.6 is 0 Å². The number of hydrogen-bond donors (Lipinski definition) is 2. The molecular weight excluding hydrogens is 266 g/mol. The summed E-state index contributed by atoms with van der Waals surface area (Å²) in [4.78, 5) is 3.85. The van der Waals surface area contributed by atoms with E-state index >= 15 is 0 Å². The van der Waals surface area contributed by atoms with E-state index in [4.69, 9.17) is 5.73 Å². The fraction of sp³-hybridized carbons (Fsp3) is 0.273. The van der Waals surface area contributed by atoms with Gasteiger partial charge in [0.1, 0.15) is 10.7 Å². The van der Waals surface area contributed by atoms with E-state index in [2.05, 4.69) is 14.8 Å². The lowest BCUT2D eigenvalue weighted by Crippen LogP contribution is -2.27. The average Bonchev–Trinajstić information content (AvgIpc) is 2.75. The number of nitrogen functional groups attached to an aromatic ring is 1. The van der Waals surface area contributed by atoms with Crippen molar-refractivity contribution in [2.75, 3.05) is 12.3 Å². The van der Waals surface area contributed by atoms with Crippen LogP contribution in [0.4, 0.5) is 5.82 Å². The summed E-state index contributed by atoms with van der Waals surface area (Å²) >= 11 is 0. The topological polar surface area (TPSA) is 103 Å². The van der Waals surface area contributed by atoms with Gasteiger partial charge in [-0.15, -0.1) is 0 Å². The summed E-state index contributed by atoms with van der Waals surface area (Å²) in [5.74, 6) is 0.283. The maximum absolute atomic E-state index is 11.9. The van der Waals surface area contributed by atoms with Gasteiger partial charge in [-0.2, -0.15) is 5.10 Å². The van der Waals surface area contributed by atoms with Crippen LogP contribution in [0.1, 0.15) is 5.56 Å². The smallest absolute Gasteiger partial charge is 0.242 e. The van der Waals surface area contributed by atoms with E-state index < -0.39 is 10.0 Å². The number of sulfonamides is 1. The molecule has 0 unspecified atom stereocenters. The van der Waals surface area contributed by atoms with Gasteiger partial charge in [-0.3, -0.25) is 4.68 Å². The van der Waals surface area contributed by atoms with Crippen molar-refractivity contribution >= 4 is 15.8 Å². The second-order valence-electron chi connectivity index (χ2n) is 4.10. The van der Waals surface area contributed by atoms with Crippen molar-refractivity contribution in [1.29, 1.82) is 0 Å². The second kappa shape index (κ2) is 5.37. The molecule has 0 saturated carbocycles. The van der Waals surface area contributed by atoms with Crippen LogP contribution in [0.15, 0.2) is 35.6 Å². The Kier molecular flexibility index (Phi) is 3.82. The molecule has 0 saturated heterocycles. The number of aromatic nitrogens is 3. The Balaban J connectivity index is 1.96. The SMILES string of the molecule is Cc1cnn(CCNS(=O)(=O)c2ccc(N)nc2)c1. The Labute approximate surface area is 111 Å². The van der Waals surface area contributed by atoms with Crippen LogP contribution in [-0.4, -0.2) is 29.7 Å². The van der Waals surface area contributed by atoms with E-state index in [9.17, 15) is 8.42 Å². The predicted molar refractivity (Wildman–Crippen MR) is 70.8 cm³/mol. The highest BCUT2D eigenvalue weighted by Crippen LogP contribution is 2.08. The van der Waals surface area contributed by atoms with Crippen molar-refractivity contribution in [3.05, 3.63) is 36.3 Å². The number of anilines is 1. The van der Waals surface area contributed by atoms with Gasteiger partial charge in [0.25, 0.3) is 0 Å². The number of aryl methyl sites for hydroxylation is 1. The standard InChI is InChI=1S/C11H15N5O2S/c1-9-6-14-16(8-9)5-4-15-19(17,18)10-2-3-11(12)13-7-10/h2-3,6-8,15H,4-5H2,1H3,(H2,12,13). The highest BCUT2D eigenvalue weighted by molar-refractivity contribution is 7.89. The molecule has 0 amide bonds.